The highest BCUT2D eigenvalue weighted by atomic mass is 35.5. The van der Waals surface area contributed by atoms with Gasteiger partial charge >= 0.3 is 6.01 Å². The molecule has 3 rings (SSSR count). The van der Waals surface area contributed by atoms with Crippen molar-refractivity contribution in [2.24, 2.45) is 0 Å². The molecule has 0 aromatic carbocycles. The number of nitrogen functional groups attached to an aromatic ring is 1. The fourth-order valence-electron chi connectivity index (χ4n) is 2.01. The van der Waals surface area contributed by atoms with Crippen molar-refractivity contribution >= 4 is 5.82 Å². The van der Waals surface area contributed by atoms with E-state index >= 15 is 0 Å². The summed E-state index contributed by atoms with van der Waals surface area (Å²) in [6, 6.07) is 0.167. The summed E-state index contributed by atoms with van der Waals surface area (Å²) in [6.07, 6.45) is -1.02. The Balaban J connectivity index is 0.00000108. The fourth-order valence-corrected chi connectivity index (χ4v) is 2.01. The second-order valence-electron chi connectivity index (χ2n) is 3.97. The third-order valence-corrected chi connectivity index (χ3v) is 2.90. The van der Waals surface area contributed by atoms with E-state index in [0.29, 0.717) is 0 Å². The van der Waals surface area contributed by atoms with E-state index in [1.165, 1.54) is 10.8 Å². The molecule has 8 heteroatoms. The van der Waals surface area contributed by atoms with E-state index in [1.54, 1.807) is 6.92 Å². The smallest absolute Gasteiger partial charge is 0.503 e. The maximum Gasteiger partial charge on any atom is 0.503 e. The number of aliphatic hydroxyl groups is 1. The van der Waals surface area contributed by atoms with E-state index in [9.17, 15) is 9.50 Å². The number of hydrogen-bond donors (Lipinski definition) is 2. The molecular formula is C9H11ClFN3O3. The van der Waals surface area contributed by atoms with Gasteiger partial charge in [-0.15, -0.1) is 0 Å². The summed E-state index contributed by atoms with van der Waals surface area (Å²) < 4.78 is 25.5. The molecule has 0 bridgehead atoms. The predicted molar refractivity (Wildman–Crippen MR) is 48.8 cm³/mol. The number of anilines is 1. The van der Waals surface area contributed by atoms with Gasteiger partial charge in [-0.05, 0) is 6.92 Å². The number of aliphatic hydroxyl groups excluding tert-OH is 1. The van der Waals surface area contributed by atoms with Crippen LogP contribution in [0, 0.1) is 5.82 Å². The molecular weight excluding hydrogens is 253 g/mol. The van der Waals surface area contributed by atoms with Crippen LogP contribution in [0.2, 0.25) is 0 Å². The SMILES string of the molecule is C[C@H]1O[C@@H]2[C@@H](Oc3nc(N)c(F)c[n+]32)[C@@H]1O.[Cl-]. The Bertz CT molecular complexity index is 461. The first kappa shape index (κ1) is 12.3. The van der Waals surface area contributed by atoms with Crippen molar-refractivity contribution in [3.8, 4) is 6.01 Å². The molecule has 0 spiro atoms. The minimum absolute atomic E-state index is 0. The van der Waals surface area contributed by atoms with Gasteiger partial charge in [-0.3, -0.25) is 0 Å². The average molecular weight is 264 g/mol. The Morgan fingerprint density at radius 3 is 3.00 bits per heavy atom. The van der Waals surface area contributed by atoms with Crippen molar-refractivity contribution in [1.29, 1.82) is 0 Å². The van der Waals surface area contributed by atoms with Crippen molar-refractivity contribution in [2.45, 2.75) is 31.5 Å². The number of halogens is 2. The summed E-state index contributed by atoms with van der Waals surface area (Å²) in [6.45, 7) is 1.73. The number of fused-ring (bicyclic) bond motifs is 3. The van der Waals surface area contributed by atoms with Gasteiger partial charge in [0.15, 0.2) is 0 Å². The maximum atomic E-state index is 13.2. The molecule has 0 aliphatic carbocycles. The second kappa shape index (κ2) is 3.94. The zero-order valence-electron chi connectivity index (χ0n) is 8.88. The molecule has 1 saturated heterocycles. The van der Waals surface area contributed by atoms with E-state index in [-0.39, 0.29) is 30.3 Å². The molecule has 0 amide bonds. The minimum atomic E-state index is -0.754. The lowest BCUT2D eigenvalue weighted by molar-refractivity contribution is -0.747. The molecule has 94 valence electrons. The van der Waals surface area contributed by atoms with Crippen molar-refractivity contribution in [3.05, 3.63) is 12.0 Å². The van der Waals surface area contributed by atoms with Crippen LogP contribution in [-0.2, 0) is 4.74 Å². The van der Waals surface area contributed by atoms with Crippen LogP contribution in [0.15, 0.2) is 6.20 Å². The van der Waals surface area contributed by atoms with E-state index in [4.69, 9.17) is 15.2 Å². The van der Waals surface area contributed by atoms with Crippen LogP contribution in [0.25, 0.3) is 0 Å². The molecule has 0 saturated carbocycles. The molecule has 2 aliphatic rings. The van der Waals surface area contributed by atoms with Gasteiger partial charge < -0.3 is 32.7 Å². The monoisotopic (exact) mass is 263 g/mol. The zero-order valence-corrected chi connectivity index (χ0v) is 9.63. The largest absolute Gasteiger partial charge is 1.00 e. The second-order valence-corrected chi connectivity index (χ2v) is 3.97. The van der Waals surface area contributed by atoms with Crippen LogP contribution < -0.4 is 27.4 Å². The Labute approximate surface area is 103 Å². The zero-order chi connectivity index (χ0) is 11.4. The molecule has 0 radical (unpaired) electrons. The molecule has 1 aromatic rings. The Morgan fingerprint density at radius 1 is 1.59 bits per heavy atom. The lowest BCUT2D eigenvalue weighted by Gasteiger charge is -2.09. The van der Waals surface area contributed by atoms with Gasteiger partial charge in [0.1, 0.15) is 12.3 Å². The first-order valence-corrected chi connectivity index (χ1v) is 4.95. The first-order valence-electron chi connectivity index (χ1n) is 4.95. The molecule has 3 N–H and O–H groups in total. The van der Waals surface area contributed by atoms with Crippen molar-refractivity contribution in [3.63, 3.8) is 0 Å². The summed E-state index contributed by atoms with van der Waals surface area (Å²) in [5.41, 5.74) is 5.32. The van der Waals surface area contributed by atoms with Gasteiger partial charge in [-0.1, -0.05) is 0 Å². The summed E-state index contributed by atoms with van der Waals surface area (Å²) >= 11 is 0. The molecule has 3 heterocycles. The third kappa shape index (κ3) is 1.62. The highest BCUT2D eigenvalue weighted by Crippen LogP contribution is 2.33. The normalized spacial score (nSPS) is 33.6. The van der Waals surface area contributed by atoms with E-state index in [1.807, 2.05) is 0 Å². The lowest BCUT2D eigenvalue weighted by atomic mass is 10.1. The third-order valence-electron chi connectivity index (χ3n) is 2.90. The quantitative estimate of drug-likeness (QED) is 0.468. The highest BCUT2D eigenvalue weighted by Gasteiger charge is 2.54. The number of rotatable bonds is 0. The molecule has 0 unspecified atom stereocenters. The summed E-state index contributed by atoms with van der Waals surface area (Å²) in [4.78, 5) is 3.75. The van der Waals surface area contributed by atoms with Crippen molar-refractivity contribution in [1.82, 2.24) is 4.98 Å². The van der Waals surface area contributed by atoms with Crippen LogP contribution in [0.1, 0.15) is 13.2 Å². The van der Waals surface area contributed by atoms with Crippen molar-refractivity contribution in [2.75, 3.05) is 5.73 Å². The van der Waals surface area contributed by atoms with E-state index < -0.39 is 24.3 Å². The van der Waals surface area contributed by atoms with Gasteiger partial charge in [0.25, 0.3) is 5.82 Å². The van der Waals surface area contributed by atoms with Gasteiger partial charge in [0.2, 0.25) is 18.1 Å². The summed E-state index contributed by atoms with van der Waals surface area (Å²) in [7, 11) is 0. The Hall–Kier alpha value is -1.18. The van der Waals surface area contributed by atoms with E-state index in [0.717, 1.165) is 0 Å². The lowest BCUT2D eigenvalue weighted by Crippen LogP contribution is -3.00. The van der Waals surface area contributed by atoms with Gasteiger partial charge in [0, 0.05) is 4.98 Å². The van der Waals surface area contributed by atoms with E-state index in [2.05, 4.69) is 4.98 Å². The number of nitrogens with zero attached hydrogens (tertiary/aromatic N) is 2. The van der Waals surface area contributed by atoms with Gasteiger partial charge in [-0.25, -0.2) is 0 Å². The fraction of sp³-hybridized carbons (Fsp3) is 0.556. The van der Waals surface area contributed by atoms with Gasteiger partial charge in [0.05, 0.1) is 6.10 Å². The Morgan fingerprint density at radius 2 is 2.29 bits per heavy atom. The molecule has 1 aromatic heterocycles. The molecule has 4 atom stereocenters. The molecule has 2 aliphatic heterocycles. The molecule has 1 fully saturated rings. The van der Waals surface area contributed by atoms with Crippen LogP contribution in [0.3, 0.4) is 0 Å². The topological polar surface area (TPSA) is 81.5 Å². The number of hydrogen-bond acceptors (Lipinski definition) is 5. The van der Waals surface area contributed by atoms with Crippen LogP contribution >= 0.6 is 0 Å². The standard InChI is InChI=1S/C9H10FN3O3.ClH/c1-3-5(14)6-8(15-3)13-2-4(10)7(11)12-9(13)16-6;/h2-3,5-6,8,11,14H,1H3;1H/t3-,5-,6+,8-;/m1./s1. The summed E-state index contributed by atoms with van der Waals surface area (Å²) in [5, 5.41) is 9.76. The van der Waals surface area contributed by atoms with Crippen LogP contribution in [0.5, 0.6) is 6.01 Å². The number of ether oxygens (including phenoxy) is 2. The first-order chi connectivity index (χ1) is 7.58. The van der Waals surface area contributed by atoms with Crippen LogP contribution in [-0.4, -0.2) is 28.4 Å². The minimum Gasteiger partial charge on any atom is -1.00 e. The highest BCUT2D eigenvalue weighted by molar-refractivity contribution is 5.27. The van der Waals surface area contributed by atoms with Crippen LogP contribution in [0.4, 0.5) is 10.2 Å². The average Bonchev–Trinajstić information content (AvgIpc) is 2.69. The summed E-state index contributed by atoms with van der Waals surface area (Å²) in [5.74, 6) is -0.862. The maximum absolute atomic E-state index is 13.2. The molecule has 17 heavy (non-hydrogen) atoms. The molecule has 6 nitrogen and oxygen atoms in total. The number of aromatic nitrogens is 2. The van der Waals surface area contributed by atoms with Gasteiger partial charge in [-0.2, -0.15) is 8.96 Å². The Kier molecular flexibility index (Phi) is 2.84. The van der Waals surface area contributed by atoms with Crippen molar-refractivity contribution < 1.29 is 35.9 Å². The predicted octanol–water partition coefficient (Wildman–Crippen LogP) is -3.87. The number of nitrogens with two attached hydrogens (primary N) is 1.